The zero-order chi connectivity index (χ0) is 12.2. The molecule has 94 valence electrons. The molecular weight excluding hydrogens is 226 g/mol. The van der Waals surface area contributed by atoms with E-state index in [1.807, 2.05) is 6.92 Å². The average molecular weight is 247 g/mol. The molecule has 1 aliphatic rings. The third-order valence-corrected chi connectivity index (χ3v) is 4.92. The molecular formula is C11H21NO3S. The Morgan fingerprint density at radius 2 is 2.38 bits per heavy atom. The molecule has 3 unspecified atom stereocenters. The molecule has 0 amide bonds. The zero-order valence-corrected chi connectivity index (χ0v) is 10.7. The third kappa shape index (κ3) is 3.12. The summed E-state index contributed by atoms with van der Waals surface area (Å²) >= 11 is 1.79. The van der Waals surface area contributed by atoms with Crippen molar-refractivity contribution in [2.24, 2.45) is 5.92 Å². The first-order valence-electron chi connectivity index (χ1n) is 5.69. The Hall–Kier alpha value is -0.260. The average Bonchev–Trinajstić information content (AvgIpc) is 2.70. The molecule has 3 atom stereocenters. The Labute approximate surface area is 101 Å². The van der Waals surface area contributed by atoms with Crippen LogP contribution in [0.4, 0.5) is 0 Å². The predicted molar refractivity (Wildman–Crippen MR) is 65.8 cm³/mol. The van der Waals surface area contributed by atoms with Crippen LogP contribution in [0.15, 0.2) is 0 Å². The maximum absolute atomic E-state index is 11.2. The van der Waals surface area contributed by atoms with Crippen LogP contribution in [-0.4, -0.2) is 46.4 Å². The normalized spacial score (nSPS) is 31.6. The van der Waals surface area contributed by atoms with Crippen LogP contribution in [0.2, 0.25) is 0 Å². The van der Waals surface area contributed by atoms with Gasteiger partial charge in [-0.05, 0) is 38.0 Å². The highest BCUT2D eigenvalue weighted by atomic mass is 32.2. The van der Waals surface area contributed by atoms with Gasteiger partial charge in [-0.1, -0.05) is 6.92 Å². The van der Waals surface area contributed by atoms with Gasteiger partial charge in [0.1, 0.15) is 5.54 Å². The number of aliphatic carboxylic acids is 1. The number of carboxylic acid groups (broad SMARTS) is 1. The number of rotatable bonds is 6. The van der Waals surface area contributed by atoms with E-state index < -0.39 is 11.5 Å². The molecule has 4 nitrogen and oxygen atoms in total. The van der Waals surface area contributed by atoms with Gasteiger partial charge in [0.05, 0.1) is 0 Å². The lowest BCUT2D eigenvalue weighted by Crippen LogP contribution is -2.48. The number of carbonyl (C=O) groups is 1. The summed E-state index contributed by atoms with van der Waals surface area (Å²) in [6, 6.07) is 0. The van der Waals surface area contributed by atoms with E-state index in [0.29, 0.717) is 24.0 Å². The fraction of sp³-hybridized carbons (Fsp3) is 0.909. The van der Waals surface area contributed by atoms with Gasteiger partial charge in [-0.25, -0.2) is 0 Å². The number of aliphatic hydroxyl groups excluding tert-OH is 1. The molecule has 0 radical (unpaired) electrons. The molecule has 0 bridgehead atoms. The Morgan fingerprint density at radius 3 is 2.81 bits per heavy atom. The molecule has 0 aromatic carbocycles. The predicted octanol–water partition coefficient (Wildman–Crippen LogP) is 0.943. The smallest absolute Gasteiger partial charge is 0.323 e. The van der Waals surface area contributed by atoms with E-state index in [4.69, 9.17) is 5.11 Å². The molecule has 0 aromatic rings. The van der Waals surface area contributed by atoms with Gasteiger partial charge in [-0.3, -0.25) is 4.79 Å². The standard InChI is InChI=1S/C11H21NO3S/c1-8(6-13)7-16-9-3-4-11(5-9,12-2)10(14)15/h8-9,12-13H,3-7H2,1-2H3,(H,14,15). The van der Waals surface area contributed by atoms with Gasteiger partial charge in [0, 0.05) is 11.9 Å². The van der Waals surface area contributed by atoms with Gasteiger partial charge < -0.3 is 15.5 Å². The number of nitrogens with one attached hydrogen (secondary N) is 1. The summed E-state index contributed by atoms with van der Waals surface area (Å²) in [5.74, 6) is 0.452. The quantitative estimate of drug-likeness (QED) is 0.652. The second-order valence-corrected chi connectivity index (χ2v) is 5.96. The first-order chi connectivity index (χ1) is 7.54. The molecule has 1 aliphatic carbocycles. The van der Waals surface area contributed by atoms with Crippen LogP contribution in [0, 0.1) is 5.92 Å². The largest absolute Gasteiger partial charge is 0.480 e. The van der Waals surface area contributed by atoms with E-state index in [2.05, 4.69) is 5.32 Å². The fourth-order valence-corrected chi connectivity index (χ4v) is 3.42. The highest BCUT2D eigenvalue weighted by molar-refractivity contribution is 7.99. The number of carboxylic acids is 1. The maximum atomic E-state index is 11.2. The Balaban J connectivity index is 2.42. The lowest BCUT2D eigenvalue weighted by Gasteiger charge is -2.23. The minimum Gasteiger partial charge on any atom is -0.480 e. The second kappa shape index (κ2) is 5.89. The lowest BCUT2D eigenvalue weighted by molar-refractivity contribution is -0.144. The summed E-state index contributed by atoms with van der Waals surface area (Å²) in [4.78, 5) is 11.2. The molecule has 5 heteroatoms. The van der Waals surface area contributed by atoms with E-state index in [-0.39, 0.29) is 6.61 Å². The van der Waals surface area contributed by atoms with E-state index >= 15 is 0 Å². The fourth-order valence-electron chi connectivity index (χ4n) is 2.02. The highest BCUT2D eigenvalue weighted by Gasteiger charge is 2.44. The number of aliphatic hydroxyl groups is 1. The minimum absolute atomic E-state index is 0.204. The van der Waals surface area contributed by atoms with Crippen LogP contribution >= 0.6 is 11.8 Å². The molecule has 16 heavy (non-hydrogen) atoms. The van der Waals surface area contributed by atoms with Crippen LogP contribution in [-0.2, 0) is 4.79 Å². The van der Waals surface area contributed by atoms with Crippen LogP contribution in [0.5, 0.6) is 0 Å². The molecule has 0 spiro atoms. The zero-order valence-electron chi connectivity index (χ0n) is 9.90. The van der Waals surface area contributed by atoms with Crippen molar-refractivity contribution in [1.82, 2.24) is 5.32 Å². The van der Waals surface area contributed by atoms with Crippen LogP contribution in [0.25, 0.3) is 0 Å². The molecule has 1 fully saturated rings. The van der Waals surface area contributed by atoms with E-state index in [1.54, 1.807) is 18.8 Å². The van der Waals surface area contributed by atoms with Crippen molar-refractivity contribution < 1.29 is 15.0 Å². The van der Waals surface area contributed by atoms with Gasteiger partial charge in [0.25, 0.3) is 0 Å². The maximum Gasteiger partial charge on any atom is 0.323 e. The molecule has 0 heterocycles. The van der Waals surface area contributed by atoms with Crippen LogP contribution in [0.1, 0.15) is 26.2 Å². The first-order valence-corrected chi connectivity index (χ1v) is 6.73. The molecule has 1 saturated carbocycles. The molecule has 0 saturated heterocycles. The third-order valence-electron chi connectivity index (χ3n) is 3.29. The van der Waals surface area contributed by atoms with Crippen molar-refractivity contribution in [3.05, 3.63) is 0 Å². The van der Waals surface area contributed by atoms with Gasteiger partial charge in [0.2, 0.25) is 0 Å². The summed E-state index contributed by atoms with van der Waals surface area (Å²) in [5, 5.41) is 21.5. The number of hydrogen-bond acceptors (Lipinski definition) is 4. The SMILES string of the molecule is CNC1(C(=O)O)CCC(SCC(C)CO)C1. The summed E-state index contributed by atoms with van der Waals surface area (Å²) in [5.41, 5.74) is -0.722. The molecule has 0 aromatic heterocycles. The van der Waals surface area contributed by atoms with Gasteiger partial charge in [0.15, 0.2) is 0 Å². The Morgan fingerprint density at radius 1 is 1.69 bits per heavy atom. The Bertz CT molecular complexity index is 249. The van der Waals surface area contributed by atoms with Crippen molar-refractivity contribution in [1.29, 1.82) is 0 Å². The van der Waals surface area contributed by atoms with Gasteiger partial charge >= 0.3 is 5.97 Å². The monoisotopic (exact) mass is 247 g/mol. The summed E-state index contributed by atoms with van der Waals surface area (Å²) < 4.78 is 0. The van der Waals surface area contributed by atoms with Crippen molar-refractivity contribution in [2.45, 2.75) is 37.0 Å². The number of thioether (sulfide) groups is 1. The van der Waals surface area contributed by atoms with Crippen molar-refractivity contribution in [2.75, 3.05) is 19.4 Å². The number of likely N-dealkylation sites (N-methyl/N-ethyl adjacent to an activating group) is 1. The van der Waals surface area contributed by atoms with Crippen LogP contribution in [0.3, 0.4) is 0 Å². The highest BCUT2D eigenvalue weighted by Crippen LogP contribution is 2.37. The number of hydrogen-bond donors (Lipinski definition) is 3. The lowest BCUT2D eigenvalue weighted by atomic mass is 9.99. The van der Waals surface area contributed by atoms with Crippen LogP contribution < -0.4 is 5.32 Å². The van der Waals surface area contributed by atoms with E-state index in [1.165, 1.54) is 0 Å². The first kappa shape index (κ1) is 13.8. The molecule has 1 rings (SSSR count). The topological polar surface area (TPSA) is 69.6 Å². The van der Waals surface area contributed by atoms with E-state index in [0.717, 1.165) is 12.2 Å². The van der Waals surface area contributed by atoms with Gasteiger partial charge in [-0.2, -0.15) is 11.8 Å². The minimum atomic E-state index is -0.742. The van der Waals surface area contributed by atoms with Gasteiger partial charge in [-0.15, -0.1) is 0 Å². The summed E-state index contributed by atoms with van der Waals surface area (Å²) in [6.45, 7) is 2.21. The molecule has 3 N–H and O–H groups in total. The summed E-state index contributed by atoms with van der Waals surface area (Å²) in [6.07, 6.45) is 2.32. The van der Waals surface area contributed by atoms with E-state index in [9.17, 15) is 9.90 Å². The van der Waals surface area contributed by atoms with Crippen molar-refractivity contribution in [3.63, 3.8) is 0 Å². The Kier molecular flexibility index (Phi) is 5.08. The second-order valence-electron chi connectivity index (χ2n) is 4.62. The van der Waals surface area contributed by atoms with Crippen molar-refractivity contribution >= 4 is 17.7 Å². The van der Waals surface area contributed by atoms with Crippen molar-refractivity contribution in [3.8, 4) is 0 Å². The summed E-state index contributed by atoms with van der Waals surface area (Å²) in [7, 11) is 1.72. The molecule has 0 aliphatic heterocycles.